The number of nitrogens with zero attached hydrogens (tertiary/aromatic N) is 3. The summed E-state index contributed by atoms with van der Waals surface area (Å²) in [7, 11) is 5.47. The van der Waals surface area contributed by atoms with Crippen LogP contribution in [0.4, 0.5) is 5.69 Å². The molecule has 0 aliphatic rings. The van der Waals surface area contributed by atoms with E-state index in [0.717, 1.165) is 17.0 Å². The Balaban J connectivity index is 2.98. The van der Waals surface area contributed by atoms with E-state index in [0.29, 0.717) is 0 Å². The second-order valence-electron chi connectivity index (χ2n) is 3.19. The number of hydrogen-bond acceptors (Lipinski definition) is 3. The Morgan fingerprint density at radius 1 is 1.43 bits per heavy atom. The van der Waals surface area contributed by atoms with Crippen LogP contribution in [0.2, 0.25) is 0 Å². The SMILES string of the molecule is COc1cncc(N=CN(C)C)c1C. The van der Waals surface area contributed by atoms with Crippen molar-refractivity contribution in [3.05, 3.63) is 18.0 Å². The maximum Gasteiger partial charge on any atom is 0.142 e. The molecule has 1 aromatic rings. The zero-order chi connectivity index (χ0) is 10.6. The van der Waals surface area contributed by atoms with E-state index in [1.165, 1.54) is 0 Å². The first-order chi connectivity index (χ1) is 6.65. The highest BCUT2D eigenvalue weighted by Gasteiger charge is 2.02. The van der Waals surface area contributed by atoms with E-state index >= 15 is 0 Å². The second-order valence-corrected chi connectivity index (χ2v) is 3.19. The summed E-state index contributed by atoms with van der Waals surface area (Å²) in [6, 6.07) is 0. The third-order valence-corrected chi connectivity index (χ3v) is 1.79. The number of aromatic nitrogens is 1. The minimum atomic E-state index is 0.762. The molecule has 0 aliphatic heterocycles. The van der Waals surface area contributed by atoms with Crippen LogP contribution in [0.5, 0.6) is 5.75 Å². The van der Waals surface area contributed by atoms with E-state index in [9.17, 15) is 0 Å². The fourth-order valence-electron chi connectivity index (χ4n) is 1.01. The van der Waals surface area contributed by atoms with Gasteiger partial charge in [0.2, 0.25) is 0 Å². The van der Waals surface area contributed by atoms with Gasteiger partial charge in [0.15, 0.2) is 0 Å². The lowest BCUT2D eigenvalue weighted by Crippen LogP contribution is -2.07. The van der Waals surface area contributed by atoms with Crippen molar-refractivity contribution < 1.29 is 4.74 Å². The van der Waals surface area contributed by atoms with Crippen molar-refractivity contribution in [2.45, 2.75) is 6.92 Å². The highest BCUT2D eigenvalue weighted by Crippen LogP contribution is 2.25. The Hall–Kier alpha value is -1.58. The van der Waals surface area contributed by atoms with Crippen molar-refractivity contribution in [3.63, 3.8) is 0 Å². The third kappa shape index (κ3) is 2.45. The van der Waals surface area contributed by atoms with Gasteiger partial charge in [-0.1, -0.05) is 0 Å². The van der Waals surface area contributed by atoms with Gasteiger partial charge in [-0.2, -0.15) is 0 Å². The van der Waals surface area contributed by atoms with Gasteiger partial charge < -0.3 is 9.64 Å². The van der Waals surface area contributed by atoms with E-state index in [-0.39, 0.29) is 0 Å². The Bertz CT molecular complexity index is 334. The molecule has 0 amide bonds. The van der Waals surface area contributed by atoms with Gasteiger partial charge in [-0.05, 0) is 6.92 Å². The lowest BCUT2D eigenvalue weighted by molar-refractivity contribution is 0.410. The predicted octanol–water partition coefficient (Wildman–Crippen LogP) is 1.62. The first-order valence-electron chi connectivity index (χ1n) is 4.34. The van der Waals surface area contributed by atoms with Crippen molar-refractivity contribution in [1.82, 2.24) is 9.88 Å². The quantitative estimate of drug-likeness (QED) is 0.540. The Morgan fingerprint density at radius 3 is 2.71 bits per heavy atom. The van der Waals surface area contributed by atoms with E-state index in [4.69, 9.17) is 4.74 Å². The van der Waals surface area contributed by atoms with Crippen LogP contribution in [0, 0.1) is 6.92 Å². The molecule has 0 N–H and O–H groups in total. The van der Waals surface area contributed by atoms with Gasteiger partial charge in [0.25, 0.3) is 0 Å². The minimum Gasteiger partial charge on any atom is -0.495 e. The van der Waals surface area contributed by atoms with Crippen molar-refractivity contribution in [1.29, 1.82) is 0 Å². The molecule has 4 heteroatoms. The summed E-state index contributed by atoms with van der Waals surface area (Å²) in [5, 5.41) is 0. The highest BCUT2D eigenvalue weighted by atomic mass is 16.5. The van der Waals surface area contributed by atoms with Crippen LogP contribution in [-0.4, -0.2) is 37.4 Å². The molecular formula is C10H15N3O. The van der Waals surface area contributed by atoms with Gasteiger partial charge in [-0.3, -0.25) is 4.98 Å². The predicted molar refractivity (Wildman–Crippen MR) is 57.4 cm³/mol. The summed E-state index contributed by atoms with van der Waals surface area (Å²) >= 11 is 0. The average molecular weight is 193 g/mol. The molecule has 76 valence electrons. The summed E-state index contributed by atoms with van der Waals surface area (Å²) in [4.78, 5) is 10.2. The second kappa shape index (κ2) is 4.60. The molecule has 14 heavy (non-hydrogen) atoms. The van der Waals surface area contributed by atoms with Gasteiger partial charge >= 0.3 is 0 Å². The first kappa shape index (κ1) is 10.5. The van der Waals surface area contributed by atoms with Crippen molar-refractivity contribution in [3.8, 4) is 5.75 Å². The number of ether oxygens (including phenoxy) is 1. The number of pyridine rings is 1. The first-order valence-corrected chi connectivity index (χ1v) is 4.34. The fraction of sp³-hybridized carbons (Fsp3) is 0.400. The number of methoxy groups -OCH3 is 1. The molecule has 0 aromatic carbocycles. The van der Waals surface area contributed by atoms with Gasteiger partial charge in [0.05, 0.1) is 31.5 Å². The molecule has 4 nitrogen and oxygen atoms in total. The van der Waals surface area contributed by atoms with Gasteiger partial charge in [0, 0.05) is 19.7 Å². The summed E-state index contributed by atoms with van der Waals surface area (Å²) < 4.78 is 5.14. The molecule has 1 rings (SSSR count). The van der Waals surface area contributed by atoms with Gasteiger partial charge in [-0.25, -0.2) is 4.99 Å². The van der Waals surface area contributed by atoms with E-state index in [1.54, 1.807) is 25.8 Å². The zero-order valence-corrected chi connectivity index (χ0v) is 8.98. The van der Waals surface area contributed by atoms with Crippen LogP contribution < -0.4 is 4.74 Å². The maximum atomic E-state index is 5.14. The van der Waals surface area contributed by atoms with Gasteiger partial charge in [0.1, 0.15) is 5.75 Å². The van der Waals surface area contributed by atoms with Crippen LogP contribution in [0.15, 0.2) is 17.4 Å². The molecule has 0 atom stereocenters. The lowest BCUT2D eigenvalue weighted by Gasteiger charge is -2.07. The molecule has 0 spiro atoms. The maximum absolute atomic E-state index is 5.14. The lowest BCUT2D eigenvalue weighted by atomic mass is 10.2. The molecule has 0 fully saturated rings. The smallest absolute Gasteiger partial charge is 0.142 e. The Labute approximate surface area is 84.2 Å². The third-order valence-electron chi connectivity index (χ3n) is 1.79. The normalized spacial score (nSPS) is 10.6. The molecule has 0 saturated heterocycles. The highest BCUT2D eigenvalue weighted by molar-refractivity contribution is 5.63. The van der Waals surface area contributed by atoms with Crippen LogP contribution in [0.3, 0.4) is 0 Å². The van der Waals surface area contributed by atoms with Crippen LogP contribution in [0.25, 0.3) is 0 Å². The van der Waals surface area contributed by atoms with E-state index in [2.05, 4.69) is 9.98 Å². The summed E-state index contributed by atoms with van der Waals surface area (Å²) in [6.45, 7) is 1.96. The zero-order valence-electron chi connectivity index (χ0n) is 8.98. The van der Waals surface area contributed by atoms with E-state index in [1.807, 2.05) is 25.9 Å². The van der Waals surface area contributed by atoms with Gasteiger partial charge in [-0.15, -0.1) is 0 Å². The number of aliphatic imine (C=N–C) groups is 1. The standard InChI is InChI=1S/C10H15N3O/c1-8-9(12-7-13(2)3)5-11-6-10(8)14-4/h5-7H,1-4H3. The molecule has 0 saturated carbocycles. The van der Waals surface area contributed by atoms with E-state index < -0.39 is 0 Å². The molecule has 0 unspecified atom stereocenters. The molecule has 0 aliphatic carbocycles. The Morgan fingerprint density at radius 2 is 2.14 bits per heavy atom. The molecule has 1 heterocycles. The van der Waals surface area contributed by atoms with Crippen molar-refractivity contribution in [2.24, 2.45) is 4.99 Å². The topological polar surface area (TPSA) is 37.7 Å². The molecule has 0 radical (unpaired) electrons. The molecule has 1 aromatic heterocycles. The molecular weight excluding hydrogens is 178 g/mol. The van der Waals surface area contributed by atoms with Crippen LogP contribution >= 0.6 is 0 Å². The number of rotatable bonds is 3. The largest absolute Gasteiger partial charge is 0.495 e. The average Bonchev–Trinajstić information content (AvgIpc) is 2.16. The Kier molecular flexibility index (Phi) is 3.45. The number of hydrogen-bond donors (Lipinski definition) is 0. The van der Waals surface area contributed by atoms with Crippen molar-refractivity contribution >= 4 is 12.0 Å². The van der Waals surface area contributed by atoms with Crippen LogP contribution in [-0.2, 0) is 0 Å². The summed E-state index contributed by atoms with van der Waals surface area (Å²) in [5.74, 6) is 0.762. The summed E-state index contributed by atoms with van der Waals surface area (Å²) in [6.07, 6.45) is 5.14. The minimum absolute atomic E-state index is 0.762. The summed E-state index contributed by atoms with van der Waals surface area (Å²) in [5.41, 5.74) is 1.83. The van der Waals surface area contributed by atoms with Crippen LogP contribution in [0.1, 0.15) is 5.56 Å². The monoisotopic (exact) mass is 193 g/mol. The fourth-order valence-corrected chi connectivity index (χ4v) is 1.01. The molecule has 0 bridgehead atoms. The van der Waals surface area contributed by atoms with Crippen molar-refractivity contribution in [2.75, 3.05) is 21.2 Å².